The third kappa shape index (κ3) is 2.94. The summed E-state index contributed by atoms with van der Waals surface area (Å²) in [7, 11) is 0. The first-order chi connectivity index (χ1) is 7.92. The lowest BCUT2D eigenvalue weighted by atomic mass is 9.68. The fourth-order valence-electron chi connectivity index (χ4n) is 3.08. The van der Waals surface area contributed by atoms with Crippen LogP contribution in [-0.4, -0.2) is 24.9 Å². The maximum Gasteiger partial charge on any atom is 0.391 e. The van der Waals surface area contributed by atoms with Gasteiger partial charge in [-0.2, -0.15) is 13.2 Å². The first-order valence-electron chi connectivity index (χ1n) is 6.35. The van der Waals surface area contributed by atoms with Gasteiger partial charge in [-0.05, 0) is 38.5 Å². The van der Waals surface area contributed by atoms with Gasteiger partial charge in [0, 0.05) is 18.1 Å². The molecule has 1 atom stereocenters. The minimum atomic E-state index is -4.05. The monoisotopic (exact) mass is 251 g/mol. The molecule has 0 amide bonds. The third-order valence-corrected chi connectivity index (χ3v) is 4.35. The van der Waals surface area contributed by atoms with Gasteiger partial charge < -0.3 is 10.5 Å². The minimum Gasteiger partial charge on any atom is -0.381 e. The summed E-state index contributed by atoms with van der Waals surface area (Å²) < 4.78 is 43.1. The molecule has 2 N–H and O–H groups in total. The van der Waals surface area contributed by atoms with Gasteiger partial charge in [-0.25, -0.2) is 0 Å². The van der Waals surface area contributed by atoms with Crippen molar-refractivity contribution in [2.75, 3.05) is 13.2 Å². The first-order valence-corrected chi connectivity index (χ1v) is 6.35. The van der Waals surface area contributed by atoms with E-state index in [0.29, 0.717) is 19.4 Å². The first kappa shape index (κ1) is 13.1. The molecule has 1 heterocycles. The van der Waals surface area contributed by atoms with Crippen LogP contribution in [0, 0.1) is 11.8 Å². The molecule has 5 heteroatoms. The maximum absolute atomic E-state index is 12.6. The van der Waals surface area contributed by atoms with Crippen LogP contribution in [0.25, 0.3) is 0 Å². The largest absolute Gasteiger partial charge is 0.391 e. The van der Waals surface area contributed by atoms with Crippen molar-refractivity contribution in [1.82, 2.24) is 0 Å². The number of ether oxygens (including phenoxy) is 1. The van der Waals surface area contributed by atoms with E-state index in [4.69, 9.17) is 10.5 Å². The number of nitrogens with two attached hydrogens (primary N) is 1. The van der Waals surface area contributed by atoms with E-state index in [2.05, 4.69) is 0 Å². The molecule has 0 spiro atoms. The molecule has 1 aliphatic carbocycles. The molecule has 1 unspecified atom stereocenters. The molecular formula is C12H20F3NO. The van der Waals surface area contributed by atoms with E-state index < -0.39 is 17.6 Å². The summed E-state index contributed by atoms with van der Waals surface area (Å²) >= 11 is 0. The molecule has 2 rings (SSSR count). The Kier molecular flexibility index (Phi) is 3.69. The number of alkyl halides is 3. The third-order valence-electron chi connectivity index (χ3n) is 4.35. The van der Waals surface area contributed by atoms with Gasteiger partial charge in [0.15, 0.2) is 0 Å². The Morgan fingerprint density at radius 2 is 1.76 bits per heavy atom. The van der Waals surface area contributed by atoms with Gasteiger partial charge in [-0.3, -0.25) is 0 Å². The summed E-state index contributed by atoms with van der Waals surface area (Å²) in [6.07, 6.45) is -0.771. The maximum atomic E-state index is 12.6. The van der Waals surface area contributed by atoms with Gasteiger partial charge in [0.05, 0.1) is 12.5 Å². The Balaban J connectivity index is 1.92. The van der Waals surface area contributed by atoms with Crippen molar-refractivity contribution >= 4 is 0 Å². The van der Waals surface area contributed by atoms with Gasteiger partial charge in [-0.1, -0.05) is 0 Å². The SMILES string of the molecule is NC1(C2CCCOC2)CCC(C(F)(F)F)CC1. The average Bonchev–Trinajstić information content (AvgIpc) is 2.29. The zero-order valence-electron chi connectivity index (χ0n) is 9.93. The summed E-state index contributed by atoms with van der Waals surface area (Å²) in [5.74, 6) is -0.908. The Labute approximate surface area is 99.7 Å². The number of hydrogen-bond acceptors (Lipinski definition) is 2. The van der Waals surface area contributed by atoms with Crippen molar-refractivity contribution in [3.05, 3.63) is 0 Å². The average molecular weight is 251 g/mol. The number of rotatable bonds is 1. The summed E-state index contributed by atoms with van der Waals surface area (Å²) in [6.45, 7) is 1.38. The summed E-state index contributed by atoms with van der Waals surface area (Å²) in [5.41, 5.74) is 5.86. The van der Waals surface area contributed by atoms with E-state index in [1.165, 1.54) is 0 Å². The molecule has 1 saturated carbocycles. The molecule has 1 saturated heterocycles. The van der Waals surface area contributed by atoms with Crippen LogP contribution in [0.15, 0.2) is 0 Å². The van der Waals surface area contributed by atoms with Gasteiger partial charge in [0.25, 0.3) is 0 Å². The van der Waals surface area contributed by atoms with Crippen molar-refractivity contribution in [3.63, 3.8) is 0 Å². The highest BCUT2D eigenvalue weighted by Crippen LogP contribution is 2.44. The molecule has 2 fully saturated rings. The van der Waals surface area contributed by atoms with Crippen LogP contribution in [0.4, 0.5) is 13.2 Å². The zero-order chi connectivity index (χ0) is 12.5. The van der Waals surface area contributed by atoms with E-state index in [1.54, 1.807) is 0 Å². The Bertz CT molecular complexity index is 253. The van der Waals surface area contributed by atoms with E-state index in [-0.39, 0.29) is 18.8 Å². The Morgan fingerprint density at radius 1 is 1.12 bits per heavy atom. The highest BCUT2D eigenvalue weighted by molar-refractivity contribution is 4.97. The van der Waals surface area contributed by atoms with E-state index in [0.717, 1.165) is 19.4 Å². The van der Waals surface area contributed by atoms with Crippen LogP contribution in [0.2, 0.25) is 0 Å². The minimum absolute atomic E-state index is 0.177. The van der Waals surface area contributed by atoms with Crippen LogP contribution in [-0.2, 0) is 4.74 Å². The van der Waals surface area contributed by atoms with Crippen molar-refractivity contribution in [2.24, 2.45) is 17.6 Å². The molecule has 2 nitrogen and oxygen atoms in total. The molecule has 0 aromatic carbocycles. The highest BCUT2D eigenvalue weighted by atomic mass is 19.4. The molecule has 17 heavy (non-hydrogen) atoms. The molecule has 100 valence electrons. The van der Waals surface area contributed by atoms with Crippen LogP contribution in [0.5, 0.6) is 0 Å². The molecule has 0 radical (unpaired) electrons. The second-order valence-corrected chi connectivity index (χ2v) is 5.46. The molecule has 0 aromatic rings. The Morgan fingerprint density at radius 3 is 2.24 bits per heavy atom. The molecule has 0 aromatic heterocycles. The van der Waals surface area contributed by atoms with Crippen molar-refractivity contribution in [1.29, 1.82) is 0 Å². The lowest BCUT2D eigenvalue weighted by molar-refractivity contribution is -0.186. The van der Waals surface area contributed by atoms with Gasteiger partial charge >= 0.3 is 6.18 Å². The second-order valence-electron chi connectivity index (χ2n) is 5.46. The lowest BCUT2D eigenvalue weighted by Gasteiger charge is -2.44. The molecule has 2 aliphatic rings. The highest BCUT2D eigenvalue weighted by Gasteiger charge is 2.47. The normalized spacial score (nSPS) is 40.2. The van der Waals surface area contributed by atoms with Gasteiger partial charge in [0.1, 0.15) is 0 Å². The quantitative estimate of drug-likeness (QED) is 0.777. The predicted octanol–water partition coefficient (Wildman–Crippen LogP) is 2.86. The standard InChI is InChI=1S/C12H20F3NO/c13-12(14,15)9-3-5-11(16,6-4-9)10-2-1-7-17-8-10/h9-10H,1-8,16H2. The van der Waals surface area contributed by atoms with Gasteiger partial charge in [0.2, 0.25) is 0 Å². The van der Waals surface area contributed by atoms with Crippen LogP contribution >= 0.6 is 0 Å². The Hall–Kier alpha value is -0.290. The lowest BCUT2D eigenvalue weighted by Crippen LogP contribution is -2.53. The van der Waals surface area contributed by atoms with Crippen LogP contribution in [0.1, 0.15) is 38.5 Å². The van der Waals surface area contributed by atoms with E-state index in [9.17, 15) is 13.2 Å². The van der Waals surface area contributed by atoms with Crippen LogP contribution in [0.3, 0.4) is 0 Å². The molecule has 1 aliphatic heterocycles. The van der Waals surface area contributed by atoms with E-state index >= 15 is 0 Å². The van der Waals surface area contributed by atoms with Crippen molar-refractivity contribution < 1.29 is 17.9 Å². The van der Waals surface area contributed by atoms with Crippen LogP contribution < -0.4 is 5.73 Å². The summed E-state index contributed by atoms with van der Waals surface area (Å²) in [5, 5.41) is 0. The predicted molar refractivity (Wildman–Crippen MR) is 58.5 cm³/mol. The summed E-state index contributed by atoms with van der Waals surface area (Å²) in [6, 6.07) is 0. The molecule has 0 bridgehead atoms. The number of halogens is 3. The number of hydrogen-bond donors (Lipinski definition) is 1. The van der Waals surface area contributed by atoms with Gasteiger partial charge in [-0.15, -0.1) is 0 Å². The topological polar surface area (TPSA) is 35.2 Å². The fraction of sp³-hybridized carbons (Fsp3) is 1.00. The molecular weight excluding hydrogens is 231 g/mol. The zero-order valence-corrected chi connectivity index (χ0v) is 9.93. The summed E-state index contributed by atoms with van der Waals surface area (Å²) in [4.78, 5) is 0. The second kappa shape index (κ2) is 4.76. The van der Waals surface area contributed by atoms with E-state index in [1.807, 2.05) is 0 Å². The fourth-order valence-corrected chi connectivity index (χ4v) is 3.08. The van der Waals surface area contributed by atoms with Crippen molar-refractivity contribution in [3.8, 4) is 0 Å². The smallest absolute Gasteiger partial charge is 0.381 e. The van der Waals surface area contributed by atoms with Crippen molar-refractivity contribution in [2.45, 2.75) is 50.2 Å².